The highest BCUT2D eigenvalue weighted by atomic mass is 16.5. The van der Waals surface area contributed by atoms with Gasteiger partial charge < -0.3 is 10.1 Å². The topological polar surface area (TPSA) is 55.4 Å². The van der Waals surface area contributed by atoms with E-state index in [-0.39, 0.29) is 11.9 Å². The molecule has 0 radical (unpaired) electrons. The highest BCUT2D eigenvalue weighted by molar-refractivity contribution is 6.24. The zero-order valence-corrected chi connectivity index (χ0v) is 13.8. The summed E-state index contributed by atoms with van der Waals surface area (Å²) in [5.41, 5.74) is 4.29. The van der Waals surface area contributed by atoms with E-state index >= 15 is 0 Å². The van der Waals surface area contributed by atoms with Crippen LogP contribution in [-0.2, 0) is 11.2 Å². The number of carbonyl (C=O) groups is 2. The highest BCUT2D eigenvalue weighted by Gasteiger charge is 2.22. The maximum atomic E-state index is 12.0. The Morgan fingerprint density at radius 2 is 1.92 bits per heavy atom. The lowest BCUT2D eigenvalue weighted by Gasteiger charge is -2.09. The van der Waals surface area contributed by atoms with Crippen LogP contribution < -0.4 is 5.32 Å². The fraction of sp³-hybridized carbons (Fsp3) is 0.143. The van der Waals surface area contributed by atoms with Crippen molar-refractivity contribution in [1.29, 1.82) is 0 Å². The molecular formula is C21H17NO3. The van der Waals surface area contributed by atoms with Crippen LogP contribution in [0.4, 0.5) is 5.69 Å². The van der Waals surface area contributed by atoms with Gasteiger partial charge in [0.15, 0.2) is 0 Å². The van der Waals surface area contributed by atoms with Crippen molar-refractivity contribution in [3.8, 4) is 0 Å². The molecule has 0 unspecified atom stereocenters. The highest BCUT2D eigenvalue weighted by Crippen LogP contribution is 2.35. The summed E-state index contributed by atoms with van der Waals surface area (Å²) in [6.45, 7) is 2.16. The molecule has 4 heteroatoms. The van der Waals surface area contributed by atoms with E-state index in [4.69, 9.17) is 4.74 Å². The van der Waals surface area contributed by atoms with E-state index in [1.165, 1.54) is 0 Å². The minimum absolute atomic E-state index is 0.0536. The largest absolute Gasteiger partial charge is 0.462 e. The summed E-state index contributed by atoms with van der Waals surface area (Å²) in [6.07, 6.45) is 0.682. The molecule has 0 spiro atoms. The maximum absolute atomic E-state index is 12.0. The van der Waals surface area contributed by atoms with Gasteiger partial charge in [0, 0.05) is 16.6 Å². The third-order valence-corrected chi connectivity index (χ3v) is 4.46. The Morgan fingerprint density at radius 3 is 2.76 bits per heavy atom. The third kappa shape index (κ3) is 2.66. The molecule has 4 nitrogen and oxygen atoms in total. The van der Waals surface area contributed by atoms with Gasteiger partial charge in [-0.2, -0.15) is 0 Å². The molecule has 3 aromatic carbocycles. The molecule has 0 aromatic heterocycles. The first-order valence-corrected chi connectivity index (χ1v) is 8.29. The second kappa shape index (κ2) is 6.06. The molecule has 0 saturated heterocycles. The molecule has 1 amide bonds. The van der Waals surface area contributed by atoms with Crippen LogP contribution in [0.1, 0.15) is 38.8 Å². The first-order valence-electron chi connectivity index (χ1n) is 8.29. The van der Waals surface area contributed by atoms with E-state index in [1.54, 1.807) is 13.0 Å². The van der Waals surface area contributed by atoms with Gasteiger partial charge in [-0.3, -0.25) is 4.79 Å². The second-order valence-corrected chi connectivity index (χ2v) is 6.05. The van der Waals surface area contributed by atoms with Gasteiger partial charge in [0.05, 0.1) is 12.2 Å². The Balaban J connectivity index is 1.73. The number of benzene rings is 3. The normalized spacial score (nSPS) is 12.3. The van der Waals surface area contributed by atoms with Gasteiger partial charge in [-0.05, 0) is 54.1 Å². The van der Waals surface area contributed by atoms with E-state index in [0.717, 1.165) is 33.2 Å². The van der Waals surface area contributed by atoms with Crippen LogP contribution in [0.3, 0.4) is 0 Å². The van der Waals surface area contributed by atoms with Crippen molar-refractivity contribution in [3.63, 3.8) is 0 Å². The van der Waals surface area contributed by atoms with E-state index < -0.39 is 0 Å². The van der Waals surface area contributed by atoms with E-state index in [1.807, 2.05) is 48.5 Å². The predicted molar refractivity (Wildman–Crippen MR) is 97.1 cm³/mol. The Bertz CT molecular complexity index is 1010. The van der Waals surface area contributed by atoms with Crippen LogP contribution >= 0.6 is 0 Å². The number of ether oxygens (including phenoxy) is 1. The predicted octanol–water partition coefficient (Wildman–Crippen LogP) is 4.17. The average molecular weight is 331 g/mol. The minimum Gasteiger partial charge on any atom is -0.462 e. The van der Waals surface area contributed by atoms with E-state index in [9.17, 15) is 9.59 Å². The molecule has 1 aliphatic rings. The molecule has 1 heterocycles. The molecule has 4 rings (SSSR count). The van der Waals surface area contributed by atoms with E-state index in [0.29, 0.717) is 18.6 Å². The number of amides is 1. The fourth-order valence-corrected chi connectivity index (χ4v) is 3.35. The molecule has 25 heavy (non-hydrogen) atoms. The van der Waals surface area contributed by atoms with Crippen molar-refractivity contribution >= 4 is 28.3 Å². The summed E-state index contributed by atoms with van der Waals surface area (Å²) >= 11 is 0. The zero-order valence-electron chi connectivity index (χ0n) is 13.8. The standard InChI is InChI=1S/C21H17NO3/c1-2-25-21(24)15-6-3-5-13(12-15)11-14-9-10-17-19-16(14)7-4-8-18(19)22-20(17)23/h3-10,12H,2,11H2,1H3,(H,22,23). The van der Waals surface area contributed by atoms with Crippen LogP contribution in [0.25, 0.3) is 10.8 Å². The monoisotopic (exact) mass is 331 g/mol. The molecule has 3 aromatic rings. The maximum Gasteiger partial charge on any atom is 0.338 e. The van der Waals surface area contributed by atoms with Gasteiger partial charge in [0.1, 0.15) is 0 Å². The number of hydrogen-bond donors (Lipinski definition) is 1. The smallest absolute Gasteiger partial charge is 0.338 e. The Kier molecular flexibility index (Phi) is 3.73. The van der Waals surface area contributed by atoms with Crippen LogP contribution in [-0.4, -0.2) is 18.5 Å². The number of carbonyl (C=O) groups excluding carboxylic acids is 2. The molecule has 1 N–H and O–H groups in total. The SMILES string of the molecule is CCOC(=O)c1cccc(Cc2ccc3c4c(cccc24)NC3=O)c1. The van der Waals surface area contributed by atoms with Crippen LogP contribution in [0.2, 0.25) is 0 Å². The number of rotatable bonds is 4. The lowest BCUT2D eigenvalue weighted by Crippen LogP contribution is -2.05. The molecular weight excluding hydrogens is 314 g/mol. The van der Waals surface area contributed by atoms with Crippen molar-refractivity contribution < 1.29 is 14.3 Å². The van der Waals surface area contributed by atoms with Gasteiger partial charge in [0.2, 0.25) is 0 Å². The first kappa shape index (κ1) is 15.4. The summed E-state index contributed by atoms with van der Waals surface area (Å²) in [4.78, 5) is 24.0. The van der Waals surface area contributed by atoms with Crippen LogP contribution in [0.5, 0.6) is 0 Å². The molecule has 0 atom stereocenters. The summed E-state index contributed by atoms with van der Waals surface area (Å²) in [5, 5.41) is 4.94. The Labute approximate surface area is 145 Å². The van der Waals surface area contributed by atoms with Crippen molar-refractivity contribution in [2.75, 3.05) is 11.9 Å². The van der Waals surface area contributed by atoms with Crippen molar-refractivity contribution in [1.82, 2.24) is 0 Å². The van der Waals surface area contributed by atoms with Gasteiger partial charge in [-0.1, -0.05) is 30.3 Å². The number of anilines is 1. The number of esters is 1. The Morgan fingerprint density at radius 1 is 1.08 bits per heavy atom. The minimum atomic E-state index is -0.306. The van der Waals surface area contributed by atoms with Gasteiger partial charge >= 0.3 is 5.97 Å². The second-order valence-electron chi connectivity index (χ2n) is 6.05. The Hall–Kier alpha value is -3.14. The lowest BCUT2D eigenvalue weighted by atomic mass is 9.95. The van der Waals surface area contributed by atoms with Gasteiger partial charge in [-0.15, -0.1) is 0 Å². The zero-order chi connectivity index (χ0) is 17.4. The van der Waals surface area contributed by atoms with E-state index in [2.05, 4.69) is 5.32 Å². The summed E-state index contributed by atoms with van der Waals surface area (Å²) in [6, 6.07) is 17.3. The first-order chi connectivity index (χ1) is 12.2. The molecule has 0 fully saturated rings. The van der Waals surface area contributed by atoms with Crippen LogP contribution in [0.15, 0.2) is 54.6 Å². The summed E-state index contributed by atoms with van der Waals surface area (Å²) in [5.74, 6) is -0.360. The van der Waals surface area contributed by atoms with Crippen molar-refractivity contribution in [2.24, 2.45) is 0 Å². The fourth-order valence-electron chi connectivity index (χ4n) is 3.35. The lowest BCUT2D eigenvalue weighted by molar-refractivity contribution is 0.0526. The van der Waals surface area contributed by atoms with Gasteiger partial charge in [0.25, 0.3) is 5.91 Å². The molecule has 0 aliphatic carbocycles. The average Bonchev–Trinajstić information content (AvgIpc) is 2.95. The van der Waals surface area contributed by atoms with Gasteiger partial charge in [-0.25, -0.2) is 4.79 Å². The number of hydrogen-bond acceptors (Lipinski definition) is 3. The number of nitrogens with one attached hydrogen (secondary N) is 1. The quantitative estimate of drug-likeness (QED) is 0.730. The summed E-state index contributed by atoms with van der Waals surface area (Å²) in [7, 11) is 0. The van der Waals surface area contributed by atoms with Crippen molar-refractivity contribution in [3.05, 3.63) is 76.9 Å². The van der Waals surface area contributed by atoms with Crippen LogP contribution in [0, 0.1) is 0 Å². The third-order valence-electron chi connectivity index (χ3n) is 4.46. The molecule has 1 aliphatic heterocycles. The van der Waals surface area contributed by atoms with Crippen molar-refractivity contribution in [2.45, 2.75) is 13.3 Å². The molecule has 0 bridgehead atoms. The summed E-state index contributed by atoms with van der Waals surface area (Å²) < 4.78 is 5.07. The molecule has 0 saturated carbocycles. The molecule has 124 valence electrons.